The van der Waals surface area contributed by atoms with E-state index in [1.807, 2.05) is 0 Å². The number of H-pyrrole nitrogens is 1. The number of aldehydes is 1. The standard InChI is InChI=1S/C8H7N3O2S/c12-3-7-1-9-5-11(7)2-6-4-14-8(13)10-6/h1,3-5H,2H2,(H,10,13). The molecule has 2 aromatic heterocycles. The lowest BCUT2D eigenvalue weighted by atomic mass is 10.4. The second kappa shape index (κ2) is 3.59. The van der Waals surface area contributed by atoms with Gasteiger partial charge >= 0.3 is 4.87 Å². The molecule has 0 aromatic carbocycles. The monoisotopic (exact) mass is 209 g/mol. The molecule has 72 valence electrons. The molecule has 0 unspecified atom stereocenters. The number of hydrogen-bond donors (Lipinski definition) is 1. The van der Waals surface area contributed by atoms with Crippen molar-refractivity contribution in [1.29, 1.82) is 0 Å². The molecule has 0 aliphatic rings. The van der Waals surface area contributed by atoms with Crippen LogP contribution in [0.5, 0.6) is 0 Å². The Morgan fingerprint density at radius 1 is 1.64 bits per heavy atom. The van der Waals surface area contributed by atoms with Gasteiger partial charge in [-0.15, -0.1) is 0 Å². The summed E-state index contributed by atoms with van der Waals surface area (Å²) in [4.78, 5) is 27.8. The fraction of sp³-hybridized carbons (Fsp3) is 0.125. The predicted molar refractivity (Wildman–Crippen MR) is 51.7 cm³/mol. The molecule has 0 fully saturated rings. The summed E-state index contributed by atoms with van der Waals surface area (Å²) in [6, 6.07) is 0. The molecule has 2 heterocycles. The minimum Gasteiger partial charge on any atom is -0.322 e. The van der Waals surface area contributed by atoms with Gasteiger partial charge in [-0.05, 0) is 0 Å². The van der Waals surface area contributed by atoms with Crippen molar-refractivity contribution < 1.29 is 4.79 Å². The maximum atomic E-state index is 10.8. The first-order valence-corrected chi connectivity index (χ1v) is 4.79. The number of nitrogens with zero attached hydrogens (tertiary/aromatic N) is 2. The Morgan fingerprint density at radius 3 is 3.14 bits per heavy atom. The molecule has 0 aliphatic heterocycles. The van der Waals surface area contributed by atoms with Gasteiger partial charge in [-0.25, -0.2) is 4.98 Å². The number of hydrogen-bond acceptors (Lipinski definition) is 4. The number of carbonyl (C=O) groups excluding carboxylic acids is 1. The number of aromatic amines is 1. The highest BCUT2D eigenvalue weighted by atomic mass is 32.1. The van der Waals surface area contributed by atoms with Crippen LogP contribution in [0.2, 0.25) is 0 Å². The third kappa shape index (κ3) is 1.64. The van der Waals surface area contributed by atoms with Crippen LogP contribution in [0, 0.1) is 0 Å². The van der Waals surface area contributed by atoms with E-state index in [4.69, 9.17) is 0 Å². The molecule has 0 amide bonds. The minimum absolute atomic E-state index is 0.0900. The van der Waals surface area contributed by atoms with Crippen molar-refractivity contribution in [2.45, 2.75) is 6.54 Å². The molecule has 2 rings (SSSR count). The van der Waals surface area contributed by atoms with E-state index in [1.165, 1.54) is 6.20 Å². The van der Waals surface area contributed by atoms with Crippen LogP contribution < -0.4 is 4.87 Å². The molecular formula is C8H7N3O2S. The molecular weight excluding hydrogens is 202 g/mol. The minimum atomic E-state index is -0.0900. The van der Waals surface area contributed by atoms with Crippen LogP contribution in [0.3, 0.4) is 0 Å². The van der Waals surface area contributed by atoms with Gasteiger partial charge in [0.1, 0.15) is 5.69 Å². The lowest BCUT2D eigenvalue weighted by Crippen LogP contribution is -2.04. The Morgan fingerprint density at radius 2 is 2.50 bits per heavy atom. The largest absolute Gasteiger partial charge is 0.322 e. The summed E-state index contributed by atoms with van der Waals surface area (Å²) in [7, 11) is 0. The molecule has 0 aliphatic carbocycles. The summed E-state index contributed by atoms with van der Waals surface area (Å²) in [6.45, 7) is 0.465. The number of carbonyl (C=O) groups is 1. The molecule has 0 bridgehead atoms. The van der Waals surface area contributed by atoms with Crippen molar-refractivity contribution in [2.75, 3.05) is 0 Å². The Labute approximate surface area is 83.0 Å². The topological polar surface area (TPSA) is 67.8 Å². The highest BCUT2D eigenvalue weighted by molar-refractivity contribution is 7.07. The molecule has 2 aromatic rings. The normalized spacial score (nSPS) is 10.3. The number of rotatable bonds is 3. The van der Waals surface area contributed by atoms with E-state index in [9.17, 15) is 9.59 Å². The van der Waals surface area contributed by atoms with Crippen molar-refractivity contribution in [3.8, 4) is 0 Å². The second-order valence-corrected chi connectivity index (χ2v) is 3.58. The van der Waals surface area contributed by atoms with E-state index in [2.05, 4.69) is 9.97 Å². The SMILES string of the molecule is O=Cc1cncn1Cc1csc(=O)[nH]1. The summed E-state index contributed by atoms with van der Waals surface area (Å²) < 4.78 is 1.67. The summed E-state index contributed by atoms with van der Waals surface area (Å²) in [6.07, 6.45) is 3.77. The van der Waals surface area contributed by atoms with Gasteiger partial charge in [0, 0.05) is 11.1 Å². The van der Waals surface area contributed by atoms with Crippen molar-refractivity contribution in [1.82, 2.24) is 14.5 Å². The lowest BCUT2D eigenvalue weighted by Gasteiger charge is -2.00. The number of thiazole rings is 1. The lowest BCUT2D eigenvalue weighted by molar-refractivity contribution is 0.111. The first-order chi connectivity index (χ1) is 6.79. The third-order valence-corrected chi connectivity index (χ3v) is 2.50. The summed E-state index contributed by atoms with van der Waals surface area (Å²) in [5.41, 5.74) is 1.28. The first-order valence-electron chi connectivity index (χ1n) is 3.91. The van der Waals surface area contributed by atoms with Crippen molar-refractivity contribution >= 4 is 17.6 Å². The summed E-state index contributed by atoms with van der Waals surface area (Å²) >= 11 is 1.11. The van der Waals surface area contributed by atoms with E-state index in [0.29, 0.717) is 12.2 Å². The van der Waals surface area contributed by atoms with Crippen LogP contribution in [0.25, 0.3) is 0 Å². The van der Waals surface area contributed by atoms with Crippen LogP contribution in [0.1, 0.15) is 16.2 Å². The predicted octanol–water partition coefficient (Wildman–Crippen LogP) is 0.494. The maximum absolute atomic E-state index is 10.8. The summed E-state index contributed by atoms with van der Waals surface area (Å²) in [5, 5.41) is 1.73. The van der Waals surface area contributed by atoms with Gasteiger partial charge in [0.25, 0.3) is 0 Å². The van der Waals surface area contributed by atoms with E-state index >= 15 is 0 Å². The molecule has 0 atom stereocenters. The van der Waals surface area contributed by atoms with Crippen LogP contribution in [0.15, 0.2) is 22.7 Å². The van der Waals surface area contributed by atoms with Gasteiger partial charge in [-0.3, -0.25) is 9.59 Å². The fourth-order valence-corrected chi connectivity index (χ4v) is 1.71. The third-order valence-electron chi connectivity index (χ3n) is 1.78. The fourth-order valence-electron chi connectivity index (χ4n) is 1.14. The average molecular weight is 209 g/mol. The Bertz CT molecular complexity index is 496. The molecule has 0 saturated carbocycles. The van der Waals surface area contributed by atoms with E-state index in [-0.39, 0.29) is 4.87 Å². The number of imidazole rings is 1. The summed E-state index contributed by atoms with van der Waals surface area (Å²) in [5.74, 6) is 0. The number of nitrogens with one attached hydrogen (secondary N) is 1. The Kier molecular flexibility index (Phi) is 2.28. The van der Waals surface area contributed by atoms with Gasteiger partial charge < -0.3 is 9.55 Å². The molecule has 6 heteroatoms. The molecule has 1 N–H and O–H groups in total. The van der Waals surface area contributed by atoms with Crippen molar-refractivity contribution in [3.63, 3.8) is 0 Å². The molecule has 0 spiro atoms. The molecule has 5 nitrogen and oxygen atoms in total. The van der Waals surface area contributed by atoms with Gasteiger partial charge in [0.15, 0.2) is 6.29 Å². The van der Waals surface area contributed by atoms with Crippen LogP contribution >= 0.6 is 11.3 Å². The quantitative estimate of drug-likeness (QED) is 0.748. The van der Waals surface area contributed by atoms with Gasteiger partial charge in [0.2, 0.25) is 0 Å². The zero-order chi connectivity index (χ0) is 9.97. The van der Waals surface area contributed by atoms with Gasteiger partial charge in [-0.1, -0.05) is 11.3 Å². The maximum Gasteiger partial charge on any atom is 0.304 e. The van der Waals surface area contributed by atoms with E-state index in [0.717, 1.165) is 23.3 Å². The first kappa shape index (κ1) is 8.89. The zero-order valence-electron chi connectivity index (χ0n) is 7.14. The number of aromatic nitrogens is 3. The molecule has 0 radical (unpaired) electrons. The smallest absolute Gasteiger partial charge is 0.304 e. The van der Waals surface area contributed by atoms with Crippen molar-refractivity contribution in [3.05, 3.63) is 39.0 Å². The Balaban J connectivity index is 2.26. The van der Waals surface area contributed by atoms with Crippen LogP contribution in [-0.4, -0.2) is 20.8 Å². The van der Waals surface area contributed by atoms with Crippen LogP contribution in [-0.2, 0) is 6.54 Å². The molecule has 14 heavy (non-hydrogen) atoms. The van der Waals surface area contributed by atoms with Crippen LogP contribution in [0.4, 0.5) is 0 Å². The van der Waals surface area contributed by atoms with Gasteiger partial charge in [0.05, 0.1) is 19.1 Å². The second-order valence-electron chi connectivity index (χ2n) is 2.74. The van der Waals surface area contributed by atoms with Crippen molar-refractivity contribution in [2.24, 2.45) is 0 Å². The molecule has 0 saturated heterocycles. The average Bonchev–Trinajstić information content (AvgIpc) is 2.76. The van der Waals surface area contributed by atoms with E-state index in [1.54, 1.807) is 16.3 Å². The van der Waals surface area contributed by atoms with Gasteiger partial charge in [-0.2, -0.15) is 0 Å². The highest BCUT2D eigenvalue weighted by Gasteiger charge is 2.02. The zero-order valence-corrected chi connectivity index (χ0v) is 7.95. The highest BCUT2D eigenvalue weighted by Crippen LogP contribution is 2.02. The Hall–Kier alpha value is -1.69. The van der Waals surface area contributed by atoms with E-state index < -0.39 is 0 Å².